The Morgan fingerprint density at radius 2 is 0.708 bits per heavy atom. The smallest absolute Gasteiger partial charge is 0.252 e. The fourth-order valence-electron chi connectivity index (χ4n) is 16.6. The molecule has 0 aliphatic carbocycles. The van der Waals surface area contributed by atoms with E-state index in [0.717, 1.165) is 79.6 Å². The maximum atomic E-state index is 12.4. The number of hydrogen-bond donors (Lipinski definition) is 1. The average molecular weight is 1230 g/mol. The lowest BCUT2D eigenvalue weighted by atomic mass is 9.33. The average Bonchev–Trinajstić information content (AvgIpc) is 0.717. The molecule has 1 atom stereocenters. The molecule has 2 aliphatic heterocycles. The largest absolute Gasteiger partial charge is 0.508 e. The highest BCUT2D eigenvalue weighted by Crippen LogP contribution is 2.50. The first kappa shape index (κ1) is 55.5. The highest BCUT2D eigenvalue weighted by atomic mass is 16.3. The van der Waals surface area contributed by atoms with Gasteiger partial charge in [-0.25, -0.2) is 0 Å². The fraction of sp³-hybridized carbons (Fsp3) is 0.0444. The van der Waals surface area contributed by atoms with Gasteiger partial charge in [0.05, 0.1) is 22.1 Å². The van der Waals surface area contributed by atoms with E-state index in [1.165, 1.54) is 103 Å². The van der Waals surface area contributed by atoms with Gasteiger partial charge < -0.3 is 24.0 Å². The molecule has 452 valence electrons. The third kappa shape index (κ3) is 8.31. The molecule has 0 radical (unpaired) electrons. The summed E-state index contributed by atoms with van der Waals surface area (Å²) in [5.41, 5.74) is 18.1. The lowest BCUT2D eigenvalue weighted by molar-refractivity contribution is 0.440. The number of para-hydroxylation sites is 4. The molecule has 0 bridgehead atoms. The zero-order chi connectivity index (χ0) is 63.9. The molecule has 6 heteroatoms. The number of aromatic nitrogens is 2. The zero-order valence-electron chi connectivity index (χ0n) is 53.2. The molecule has 1 N–H and O–H groups in total. The number of aliphatic hydroxyl groups excluding tert-OH is 1. The first-order valence-electron chi connectivity index (χ1n) is 33.4. The fourth-order valence-corrected chi connectivity index (χ4v) is 16.6. The Bertz CT molecular complexity index is 5770. The van der Waals surface area contributed by atoms with E-state index in [1.54, 1.807) is 0 Å². The molecule has 0 spiro atoms. The zero-order valence-corrected chi connectivity index (χ0v) is 53.2. The summed E-state index contributed by atoms with van der Waals surface area (Å²) >= 11 is 0. The van der Waals surface area contributed by atoms with Gasteiger partial charge in [-0.3, -0.25) is 0 Å². The number of anilines is 6. The van der Waals surface area contributed by atoms with Crippen LogP contribution in [-0.4, -0.2) is 21.0 Å². The van der Waals surface area contributed by atoms with Crippen molar-refractivity contribution in [3.63, 3.8) is 0 Å². The molecule has 2 aliphatic rings. The predicted molar refractivity (Wildman–Crippen MR) is 412 cm³/mol. The maximum Gasteiger partial charge on any atom is 0.252 e. The van der Waals surface area contributed by atoms with Gasteiger partial charge in [0.2, 0.25) is 0 Å². The normalized spacial score (nSPS) is 13.5. The molecule has 0 saturated heterocycles. The van der Waals surface area contributed by atoms with E-state index >= 15 is 0 Å². The van der Waals surface area contributed by atoms with Crippen LogP contribution in [0.4, 0.5) is 34.1 Å². The van der Waals surface area contributed by atoms with Crippen LogP contribution in [0.3, 0.4) is 0 Å². The number of fused-ring (bicyclic) bond motifs is 22. The van der Waals surface area contributed by atoms with Gasteiger partial charge in [0.15, 0.2) is 0 Å². The van der Waals surface area contributed by atoms with Gasteiger partial charge in [-0.2, -0.15) is 0 Å². The molecule has 96 heavy (non-hydrogen) atoms. The Morgan fingerprint density at radius 1 is 0.375 bits per heavy atom. The number of nitrogens with zero attached hydrogens (tertiary/aromatic N) is 4. The van der Waals surface area contributed by atoms with Crippen molar-refractivity contribution < 1.29 is 5.11 Å². The summed E-state index contributed by atoms with van der Waals surface area (Å²) in [6.07, 6.45) is 11.4. The predicted octanol–water partition coefficient (Wildman–Crippen LogP) is 22.5. The molecule has 19 rings (SSSR count). The minimum Gasteiger partial charge on any atom is -0.508 e. The Balaban J connectivity index is 0.956. The van der Waals surface area contributed by atoms with Gasteiger partial charge in [0, 0.05) is 72.6 Å². The van der Waals surface area contributed by atoms with Gasteiger partial charge in [-0.15, -0.1) is 0 Å². The first-order chi connectivity index (χ1) is 47.4. The summed E-state index contributed by atoms with van der Waals surface area (Å²) in [6, 6.07) is 104. The van der Waals surface area contributed by atoms with Crippen LogP contribution in [0, 0.1) is 5.92 Å². The van der Waals surface area contributed by atoms with E-state index in [-0.39, 0.29) is 18.4 Å². The van der Waals surface area contributed by atoms with Crippen molar-refractivity contribution in [2.45, 2.75) is 20.3 Å². The van der Waals surface area contributed by atoms with Crippen molar-refractivity contribution in [3.8, 4) is 11.4 Å². The summed E-state index contributed by atoms with van der Waals surface area (Å²) < 4.78 is 4.90. The van der Waals surface area contributed by atoms with Crippen LogP contribution in [0.2, 0.25) is 0 Å². The first-order valence-corrected chi connectivity index (χ1v) is 33.4. The molecule has 17 aromatic rings. The van der Waals surface area contributed by atoms with Crippen molar-refractivity contribution in [1.29, 1.82) is 0 Å². The van der Waals surface area contributed by atoms with Crippen LogP contribution < -0.4 is 26.2 Å². The number of allylic oxidation sites excluding steroid dienone is 6. The van der Waals surface area contributed by atoms with E-state index in [1.807, 2.05) is 6.92 Å². The van der Waals surface area contributed by atoms with Crippen LogP contribution in [0.1, 0.15) is 25.8 Å². The minimum atomic E-state index is -0.253. The Hall–Kier alpha value is -12.1. The molecule has 0 amide bonds. The van der Waals surface area contributed by atoms with E-state index < -0.39 is 0 Å². The van der Waals surface area contributed by atoms with Crippen molar-refractivity contribution in [3.05, 3.63) is 327 Å². The van der Waals surface area contributed by atoms with Crippen LogP contribution in [0.25, 0.3) is 125 Å². The van der Waals surface area contributed by atoms with Crippen molar-refractivity contribution in [2.24, 2.45) is 5.92 Å². The highest BCUT2D eigenvalue weighted by molar-refractivity contribution is 7.00. The van der Waals surface area contributed by atoms with Crippen LogP contribution in [0.5, 0.6) is 0 Å². The molecule has 0 fully saturated rings. The quantitative estimate of drug-likeness (QED) is 0.0642. The van der Waals surface area contributed by atoms with Crippen LogP contribution in [0.15, 0.2) is 322 Å². The Morgan fingerprint density at radius 3 is 1.07 bits per heavy atom. The second-order valence-corrected chi connectivity index (χ2v) is 26.1. The SMILES string of the molecule is C=C(O)/C(=C\C(C)C/C=C\C=C/C)c1cc2c3c(c1)N(c1ccc4c5ccccc5c5ccccc5c4c1)c1cc(-n4c5ccccc5c5ccccc54)ccc1B3c1ccc(-n3c4ccccc4c4ccccc43)cc1N2c1ccc2c3ccccc3c3ccccc3c2c1. The highest BCUT2D eigenvalue weighted by Gasteiger charge is 2.44. The Kier molecular flexibility index (Phi) is 12.6. The summed E-state index contributed by atoms with van der Waals surface area (Å²) in [5.74, 6) is 0.0674. The maximum absolute atomic E-state index is 12.4. The van der Waals surface area contributed by atoms with Gasteiger partial charge in [-0.05, 0) is 191 Å². The number of benzene rings is 15. The third-order valence-electron chi connectivity index (χ3n) is 20.7. The van der Waals surface area contributed by atoms with Crippen LogP contribution >= 0.6 is 0 Å². The van der Waals surface area contributed by atoms with Gasteiger partial charge in [0.25, 0.3) is 6.71 Å². The molecule has 4 heterocycles. The van der Waals surface area contributed by atoms with E-state index in [9.17, 15) is 5.11 Å². The second kappa shape index (κ2) is 21.7. The molecule has 1 unspecified atom stereocenters. The molecular weight excluding hydrogens is 1160 g/mol. The third-order valence-corrected chi connectivity index (χ3v) is 20.7. The summed E-state index contributed by atoms with van der Waals surface area (Å²) in [5, 5.41) is 31.7. The second-order valence-electron chi connectivity index (χ2n) is 26.1. The lowest BCUT2D eigenvalue weighted by Crippen LogP contribution is -2.61. The summed E-state index contributed by atoms with van der Waals surface area (Å²) in [7, 11) is 0. The number of rotatable bonds is 10. The Labute approximate surface area is 556 Å². The van der Waals surface area contributed by atoms with E-state index in [2.05, 4.69) is 342 Å². The van der Waals surface area contributed by atoms with Gasteiger partial charge in [0.1, 0.15) is 5.76 Å². The van der Waals surface area contributed by atoms with Crippen molar-refractivity contribution >= 4 is 171 Å². The summed E-state index contributed by atoms with van der Waals surface area (Å²) in [4.78, 5) is 5.09. The van der Waals surface area contributed by atoms with E-state index in [0.29, 0.717) is 5.57 Å². The van der Waals surface area contributed by atoms with Crippen LogP contribution in [-0.2, 0) is 0 Å². The number of hydrogen-bond acceptors (Lipinski definition) is 3. The lowest BCUT2D eigenvalue weighted by Gasteiger charge is -2.45. The van der Waals surface area contributed by atoms with E-state index in [4.69, 9.17) is 0 Å². The summed E-state index contributed by atoms with van der Waals surface area (Å²) in [6.45, 7) is 8.41. The van der Waals surface area contributed by atoms with Gasteiger partial charge in [-0.1, -0.05) is 238 Å². The number of aliphatic hydroxyl groups is 1. The van der Waals surface area contributed by atoms with Crippen molar-refractivity contribution in [1.82, 2.24) is 9.13 Å². The molecule has 5 nitrogen and oxygen atoms in total. The molecular formula is C90H63BN4O. The monoisotopic (exact) mass is 1230 g/mol. The molecule has 2 aromatic heterocycles. The standard InChI is InChI=1S/C90H63BN4O/c1-4-5-6-7-24-56(2)49-77(57(3)96)58-50-88-90-89(51-58)95(60-42-46-72-68-30-11-9-26-64(68)66-28-13-15-32-70(66)79(72)53-60)87-55-62(93-84-39-22-18-35-75(84)76-36-19-23-40-85(76)93)44-48-81(87)91(90)80-47-43-61(92-82-37-20-16-33-73(82)74-34-17-21-38-83(74)92)54-86(80)94(88)59-41-45-71-67-29-10-8-25-63(67)65-27-12-14-31-69(65)78(71)52-59/h4-23,25-56,96H,3,24H2,1-2H3/b5-4-,7-6-,77-49+. The van der Waals surface area contributed by atoms with Gasteiger partial charge >= 0.3 is 0 Å². The topological polar surface area (TPSA) is 36.6 Å². The van der Waals surface area contributed by atoms with Crippen molar-refractivity contribution in [2.75, 3.05) is 9.80 Å². The molecule has 0 saturated carbocycles. The molecule has 15 aromatic carbocycles. The minimum absolute atomic E-state index is 0.0175.